The Morgan fingerprint density at radius 1 is 0.850 bits per heavy atom. The van der Waals surface area contributed by atoms with Crippen LogP contribution in [-0.4, -0.2) is 15.0 Å². The lowest BCUT2D eigenvalue weighted by atomic mass is 10.1. The topological polar surface area (TPSA) is 41.6 Å². The van der Waals surface area contributed by atoms with E-state index in [4.69, 9.17) is 0 Å². The zero-order chi connectivity index (χ0) is 13.5. The molecule has 0 saturated carbocycles. The van der Waals surface area contributed by atoms with Crippen LogP contribution in [0.5, 0.6) is 0 Å². The summed E-state index contributed by atoms with van der Waals surface area (Å²) in [6.07, 6.45) is 5.63. The zero-order valence-corrected chi connectivity index (χ0v) is 11.1. The maximum atomic E-state index is 4.36. The van der Waals surface area contributed by atoms with Gasteiger partial charge in [-0.1, -0.05) is 18.2 Å². The SMILES string of the molecule is Cc1ccc(-c2ccc3c(c2)[nH]c2ccncc23)cn1. The van der Waals surface area contributed by atoms with Crippen molar-refractivity contribution in [3.8, 4) is 11.1 Å². The molecule has 4 aromatic rings. The molecule has 3 nitrogen and oxygen atoms in total. The van der Waals surface area contributed by atoms with E-state index in [1.54, 1.807) is 0 Å². The lowest BCUT2D eigenvalue weighted by molar-refractivity contribution is 1.20. The Labute approximate surface area is 116 Å². The molecule has 20 heavy (non-hydrogen) atoms. The average Bonchev–Trinajstić information content (AvgIpc) is 2.85. The number of aromatic amines is 1. The number of H-pyrrole nitrogens is 1. The van der Waals surface area contributed by atoms with E-state index in [2.05, 4.69) is 39.2 Å². The molecule has 0 unspecified atom stereocenters. The Morgan fingerprint density at radius 3 is 2.60 bits per heavy atom. The van der Waals surface area contributed by atoms with Crippen molar-refractivity contribution in [2.24, 2.45) is 0 Å². The van der Waals surface area contributed by atoms with E-state index in [9.17, 15) is 0 Å². The number of aryl methyl sites for hydroxylation is 1. The summed E-state index contributed by atoms with van der Waals surface area (Å²) in [6.45, 7) is 2.00. The highest BCUT2D eigenvalue weighted by Crippen LogP contribution is 2.28. The van der Waals surface area contributed by atoms with Gasteiger partial charge >= 0.3 is 0 Å². The van der Waals surface area contributed by atoms with Crippen LogP contribution in [0.25, 0.3) is 32.9 Å². The monoisotopic (exact) mass is 259 g/mol. The van der Waals surface area contributed by atoms with Crippen LogP contribution in [0.3, 0.4) is 0 Å². The van der Waals surface area contributed by atoms with Crippen LogP contribution in [0.1, 0.15) is 5.69 Å². The minimum atomic E-state index is 1.03. The third-order valence-electron chi connectivity index (χ3n) is 3.64. The molecule has 0 bridgehead atoms. The van der Waals surface area contributed by atoms with Gasteiger partial charge in [0.25, 0.3) is 0 Å². The second kappa shape index (κ2) is 4.17. The first-order chi connectivity index (χ1) is 9.81. The molecule has 1 N–H and O–H groups in total. The van der Waals surface area contributed by atoms with Gasteiger partial charge in [-0.3, -0.25) is 9.97 Å². The predicted octanol–water partition coefficient (Wildman–Crippen LogP) is 4.09. The first-order valence-electron chi connectivity index (χ1n) is 6.60. The quantitative estimate of drug-likeness (QED) is 0.559. The van der Waals surface area contributed by atoms with E-state index in [0.29, 0.717) is 0 Å². The van der Waals surface area contributed by atoms with Crippen molar-refractivity contribution in [1.29, 1.82) is 0 Å². The lowest BCUT2D eigenvalue weighted by Crippen LogP contribution is -1.82. The van der Waals surface area contributed by atoms with Crippen LogP contribution >= 0.6 is 0 Å². The molecule has 3 heterocycles. The van der Waals surface area contributed by atoms with Crippen molar-refractivity contribution in [2.45, 2.75) is 6.92 Å². The number of hydrogen-bond acceptors (Lipinski definition) is 2. The Morgan fingerprint density at radius 2 is 1.75 bits per heavy atom. The minimum Gasteiger partial charge on any atom is -0.354 e. The molecule has 3 heteroatoms. The van der Waals surface area contributed by atoms with Crippen molar-refractivity contribution in [3.63, 3.8) is 0 Å². The molecule has 0 aliphatic carbocycles. The number of pyridine rings is 2. The maximum absolute atomic E-state index is 4.36. The number of nitrogens with zero attached hydrogens (tertiary/aromatic N) is 2. The van der Waals surface area contributed by atoms with E-state index >= 15 is 0 Å². The zero-order valence-electron chi connectivity index (χ0n) is 11.1. The van der Waals surface area contributed by atoms with Gasteiger partial charge in [0, 0.05) is 51.7 Å². The van der Waals surface area contributed by atoms with Gasteiger partial charge in [-0.25, -0.2) is 0 Å². The highest BCUT2D eigenvalue weighted by molar-refractivity contribution is 6.07. The number of nitrogens with one attached hydrogen (secondary N) is 1. The average molecular weight is 259 g/mol. The summed E-state index contributed by atoms with van der Waals surface area (Å²) in [5.74, 6) is 0. The predicted molar refractivity (Wildman–Crippen MR) is 81.6 cm³/mol. The summed E-state index contributed by atoms with van der Waals surface area (Å²) in [5.41, 5.74) is 5.59. The first kappa shape index (κ1) is 11.2. The van der Waals surface area contributed by atoms with E-state index in [1.807, 2.05) is 37.6 Å². The molecule has 0 amide bonds. The molecular formula is C17H13N3. The number of aromatic nitrogens is 3. The van der Waals surface area contributed by atoms with Crippen LogP contribution < -0.4 is 0 Å². The van der Waals surface area contributed by atoms with Gasteiger partial charge in [0.1, 0.15) is 0 Å². The molecule has 96 valence electrons. The van der Waals surface area contributed by atoms with Crippen LogP contribution in [0, 0.1) is 6.92 Å². The van der Waals surface area contributed by atoms with Crippen LogP contribution in [0.2, 0.25) is 0 Å². The maximum Gasteiger partial charge on any atom is 0.0495 e. The summed E-state index contributed by atoms with van der Waals surface area (Å²) in [5, 5.41) is 2.37. The Hall–Kier alpha value is -2.68. The molecule has 0 atom stereocenters. The van der Waals surface area contributed by atoms with Gasteiger partial charge < -0.3 is 4.98 Å². The summed E-state index contributed by atoms with van der Waals surface area (Å²) in [4.78, 5) is 12.0. The number of fused-ring (bicyclic) bond motifs is 3. The normalized spacial score (nSPS) is 11.2. The molecule has 0 saturated heterocycles. The van der Waals surface area contributed by atoms with Crippen LogP contribution in [0.4, 0.5) is 0 Å². The summed E-state index contributed by atoms with van der Waals surface area (Å²) in [7, 11) is 0. The molecule has 4 rings (SSSR count). The lowest BCUT2D eigenvalue weighted by Gasteiger charge is -2.02. The fraction of sp³-hybridized carbons (Fsp3) is 0.0588. The van der Waals surface area contributed by atoms with E-state index in [-0.39, 0.29) is 0 Å². The number of hydrogen-bond donors (Lipinski definition) is 1. The molecular weight excluding hydrogens is 246 g/mol. The fourth-order valence-corrected chi connectivity index (χ4v) is 2.56. The van der Waals surface area contributed by atoms with Crippen LogP contribution in [0.15, 0.2) is 55.0 Å². The Balaban J connectivity index is 1.94. The molecule has 1 aromatic carbocycles. The molecule has 0 fully saturated rings. The molecule has 0 radical (unpaired) electrons. The molecule has 3 aromatic heterocycles. The van der Waals surface area contributed by atoms with Crippen molar-refractivity contribution >= 4 is 21.8 Å². The van der Waals surface area contributed by atoms with Crippen LogP contribution in [-0.2, 0) is 0 Å². The molecule has 0 aliphatic rings. The van der Waals surface area contributed by atoms with Gasteiger partial charge in [0.2, 0.25) is 0 Å². The second-order valence-corrected chi connectivity index (χ2v) is 4.99. The second-order valence-electron chi connectivity index (χ2n) is 4.99. The van der Waals surface area contributed by atoms with Gasteiger partial charge in [-0.05, 0) is 30.7 Å². The number of rotatable bonds is 1. The smallest absolute Gasteiger partial charge is 0.0495 e. The van der Waals surface area contributed by atoms with E-state index in [1.165, 1.54) is 10.9 Å². The Kier molecular flexibility index (Phi) is 2.33. The fourth-order valence-electron chi connectivity index (χ4n) is 2.56. The summed E-state index contributed by atoms with van der Waals surface area (Å²) in [6, 6.07) is 12.6. The largest absolute Gasteiger partial charge is 0.354 e. The Bertz CT molecular complexity index is 904. The molecule has 0 spiro atoms. The highest BCUT2D eigenvalue weighted by Gasteiger charge is 2.06. The van der Waals surface area contributed by atoms with Gasteiger partial charge in [-0.2, -0.15) is 0 Å². The third kappa shape index (κ3) is 1.67. The minimum absolute atomic E-state index is 1.03. The van der Waals surface area contributed by atoms with E-state index < -0.39 is 0 Å². The van der Waals surface area contributed by atoms with Crippen molar-refractivity contribution < 1.29 is 0 Å². The van der Waals surface area contributed by atoms with Gasteiger partial charge in [0.05, 0.1) is 0 Å². The highest BCUT2D eigenvalue weighted by atomic mass is 14.7. The standard InChI is InChI=1S/C17H13N3/c1-11-2-3-13(9-19-11)12-4-5-14-15-10-18-7-6-16(15)20-17(14)8-12/h2-10,20H,1H3. The van der Waals surface area contributed by atoms with Crippen molar-refractivity contribution in [3.05, 3.63) is 60.7 Å². The van der Waals surface area contributed by atoms with Crippen molar-refractivity contribution in [1.82, 2.24) is 15.0 Å². The summed E-state index contributed by atoms with van der Waals surface area (Å²) < 4.78 is 0. The molecule has 0 aliphatic heterocycles. The summed E-state index contributed by atoms with van der Waals surface area (Å²) >= 11 is 0. The van der Waals surface area contributed by atoms with E-state index in [0.717, 1.165) is 27.7 Å². The van der Waals surface area contributed by atoms with Crippen molar-refractivity contribution in [2.75, 3.05) is 0 Å². The number of benzene rings is 1. The first-order valence-corrected chi connectivity index (χ1v) is 6.60. The van der Waals surface area contributed by atoms with Gasteiger partial charge in [0.15, 0.2) is 0 Å². The van der Waals surface area contributed by atoms with Gasteiger partial charge in [-0.15, -0.1) is 0 Å². The third-order valence-corrected chi connectivity index (χ3v) is 3.64.